The van der Waals surface area contributed by atoms with E-state index in [-0.39, 0.29) is 0 Å². The molecule has 0 radical (unpaired) electrons. The highest BCUT2D eigenvalue weighted by molar-refractivity contribution is 5.79. The van der Waals surface area contributed by atoms with Gasteiger partial charge in [0.25, 0.3) is 0 Å². The van der Waals surface area contributed by atoms with Crippen LogP contribution in [-0.4, -0.2) is 33.3 Å². The predicted molar refractivity (Wildman–Crippen MR) is 97.9 cm³/mol. The Bertz CT molecular complexity index is 657. The average Bonchev–Trinajstić information content (AvgIpc) is 2.61. The zero-order valence-electron chi connectivity index (χ0n) is 14.5. The SMILES string of the molecule is CN=C(NCCOc1ccccc1)NCc1cc(C)cc(OC)c1. The van der Waals surface area contributed by atoms with Crippen molar-refractivity contribution in [1.82, 2.24) is 10.6 Å². The second-order valence-corrected chi connectivity index (χ2v) is 5.37. The molecule has 2 N–H and O–H groups in total. The van der Waals surface area contributed by atoms with Gasteiger partial charge in [0, 0.05) is 13.6 Å². The number of guanidine groups is 1. The highest BCUT2D eigenvalue weighted by Gasteiger charge is 2.01. The van der Waals surface area contributed by atoms with Crippen molar-refractivity contribution >= 4 is 5.96 Å². The molecule has 128 valence electrons. The normalized spacial score (nSPS) is 11.0. The van der Waals surface area contributed by atoms with Gasteiger partial charge in [0.2, 0.25) is 0 Å². The zero-order chi connectivity index (χ0) is 17.2. The molecule has 0 saturated heterocycles. The third-order valence-corrected chi connectivity index (χ3v) is 3.44. The van der Waals surface area contributed by atoms with E-state index in [1.54, 1.807) is 14.2 Å². The summed E-state index contributed by atoms with van der Waals surface area (Å²) in [5, 5.41) is 6.53. The molecule has 0 spiro atoms. The molecular weight excluding hydrogens is 302 g/mol. The van der Waals surface area contributed by atoms with Crippen LogP contribution in [0.4, 0.5) is 0 Å². The quantitative estimate of drug-likeness (QED) is 0.466. The van der Waals surface area contributed by atoms with Gasteiger partial charge in [0.05, 0.1) is 13.7 Å². The molecule has 2 aromatic rings. The molecule has 0 atom stereocenters. The first kappa shape index (κ1) is 17.7. The van der Waals surface area contributed by atoms with Gasteiger partial charge >= 0.3 is 0 Å². The van der Waals surface area contributed by atoms with Crippen LogP contribution in [0.5, 0.6) is 11.5 Å². The van der Waals surface area contributed by atoms with Crippen LogP contribution in [0.1, 0.15) is 11.1 Å². The van der Waals surface area contributed by atoms with Gasteiger partial charge in [-0.3, -0.25) is 4.99 Å². The Labute approximate surface area is 143 Å². The fraction of sp³-hybridized carbons (Fsp3) is 0.316. The first-order valence-corrected chi connectivity index (χ1v) is 7.98. The summed E-state index contributed by atoms with van der Waals surface area (Å²) in [6.07, 6.45) is 0. The van der Waals surface area contributed by atoms with Crippen molar-refractivity contribution in [1.29, 1.82) is 0 Å². The van der Waals surface area contributed by atoms with E-state index in [9.17, 15) is 0 Å². The molecule has 0 aliphatic rings. The Balaban J connectivity index is 1.75. The molecule has 0 amide bonds. The summed E-state index contributed by atoms with van der Waals surface area (Å²) in [6, 6.07) is 15.9. The number of hydrogen-bond acceptors (Lipinski definition) is 3. The summed E-state index contributed by atoms with van der Waals surface area (Å²) in [6.45, 7) is 3.98. The summed E-state index contributed by atoms with van der Waals surface area (Å²) < 4.78 is 10.9. The van der Waals surface area contributed by atoms with Gasteiger partial charge in [0.15, 0.2) is 5.96 Å². The third kappa shape index (κ3) is 5.83. The maximum atomic E-state index is 5.65. The van der Waals surface area contributed by atoms with E-state index in [2.05, 4.69) is 28.6 Å². The minimum Gasteiger partial charge on any atom is -0.497 e. The van der Waals surface area contributed by atoms with E-state index >= 15 is 0 Å². The molecule has 0 heterocycles. The molecule has 24 heavy (non-hydrogen) atoms. The number of methoxy groups -OCH3 is 1. The highest BCUT2D eigenvalue weighted by Crippen LogP contribution is 2.16. The maximum absolute atomic E-state index is 5.65. The minimum absolute atomic E-state index is 0.572. The van der Waals surface area contributed by atoms with Crippen molar-refractivity contribution in [3.05, 3.63) is 59.7 Å². The monoisotopic (exact) mass is 327 g/mol. The van der Waals surface area contributed by atoms with E-state index in [1.807, 2.05) is 42.5 Å². The molecule has 0 unspecified atom stereocenters. The smallest absolute Gasteiger partial charge is 0.191 e. The van der Waals surface area contributed by atoms with Crippen molar-refractivity contribution in [3.63, 3.8) is 0 Å². The van der Waals surface area contributed by atoms with Gasteiger partial charge in [-0.15, -0.1) is 0 Å². The molecule has 0 bridgehead atoms. The second-order valence-electron chi connectivity index (χ2n) is 5.37. The van der Waals surface area contributed by atoms with E-state index in [0.29, 0.717) is 19.7 Å². The first-order valence-electron chi connectivity index (χ1n) is 7.98. The average molecular weight is 327 g/mol. The molecule has 0 aliphatic heterocycles. The topological polar surface area (TPSA) is 54.9 Å². The molecule has 5 heteroatoms. The minimum atomic E-state index is 0.572. The summed E-state index contributed by atoms with van der Waals surface area (Å²) in [5.41, 5.74) is 2.32. The number of rotatable bonds is 7. The summed E-state index contributed by atoms with van der Waals surface area (Å²) in [7, 11) is 3.43. The van der Waals surface area contributed by atoms with Crippen molar-refractivity contribution in [3.8, 4) is 11.5 Å². The summed E-state index contributed by atoms with van der Waals surface area (Å²) >= 11 is 0. The van der Waals surface area contributed by atoms with Crippen LogP contribution in [0.15, 0.2) is 53.5 Å². The molecular formula is C19H25N3O2. The van der Waals surface area contributed by atoms with Crippen LogP contribution in [0.2, 0.25) is 0 Å². The van der Waals surface area contributed by atoms with Crippen LogP contribution < -0.4 is 20.1 Å². The van der Waals surface area contributed by atoms with Crippen molar-refractivity contribution in [2.24, 2.45) is 4.99 Å². The fourth-order valence-corrected chi connectivity index (χ4v) is 2.31. The van der Waals surface area contributed by atoms with Gasteiger partial charge in [-0.25, -0.2) is 0 Å². The molecule has 2 rings (SSSR count). The van der Waals surface area contributed by atoms with Crippen molar-refractivity contribution in [2.45, 2.75) is 13.5 Å². The largest absolute Gasteiger partial charge is 0.497 e. The standard InChI is InChI=1S/C19H25N3O2/c1-15-11-16(13-18(12-15)23-3)14-22-19(20-2)21-9-10-24-17-7-5-4-6-8-17/h4-8,11-13H,9-10,14H2,1-3H3,(H2,20,21,22). The van der Waals surface area contributed by atoms with Crippen LogP contribution >= 0.6 is 0 Å². The lowest BCUT2D eigenvalue weighted by molar-refractivity contribution is 0.322. The number of ether oxygens (including phenoxy) is 2. The van der Waals surface area contributed by atoms with Gasteiger partial charge in [-0.1, -0.05) is 24.3 Å². The highest BCUT2D eigenvalue weighted by atomic mass is 16.5. The zero-order valence-corrected chi connectivity index (χ0v) is 14.5. The fourth-order valence-electron chi connectivity index (χ4n) is 2.31. The number of benzene rings is 2. The van der Waals surface area contributed by atoms with Gasteiger partial charge in [-0.05, 0) is 42.3 Å². The second kappa shape index (κ2) is 9.45. The molecule has 0 saturated carbocycles. The number of nitrogens with zero attached hydrogens (tertiary/aromatic N) is 1. The Hall–Kier alpha value is -2.69. The number of nitrogens with one attached hydrogen (secondary N) is 2. The molecule has 5 nitrogen and oxygen atoms in total. The van der Waals surface area contributed by atoms with Gasteiger partial charge in [-0.2, -0.15) is 0 Å². The summed E-state index contributed by atoms with van der Waals surface area (Å²) in [4.78, 5) is 4.22. The molecule has 0 aromatic heterocycles. The summed E-state index contributed by atoms with van der Waals surface area (Å²) in [5.74, 6) is 2.48. The van der Waals surface area contributed by atoms with Gasteiger partial charge < -0.3 is 20.1 Å². The number of aryl methyl sites for hydroxylation is 1. The Kier molecular flexibility index (Phi) is 6.95. The Morgan fingerprint density at radius 2 is 1.83 bits per heavy atom. The lowest BCUT2D eigenvalue weighted by Crippen LogP contribution is -2.38. The van der Waals surface area contributed by atoms with E-state index in [4.69, 9.17) is 9.47 Å². The van der Waals surface area contributed by atoms with Crippen molar-refractivity contribution in [2.75, 3.05) is 27.3 Å². The van der Waals surface area contributed by atoms with Crippen molar-refractivity contribution < 1.29 is 9.47 Å². The molecule has 0 aliphatic carbocycles. The Morgan fingerprint density at radius 1 is 1.04 bits per heavy atom. The maximum Gasteiger partial charge on any atom is 0.191 e. The van der Waals surface area contributed by atoms with Gasteiger partial charge in [0.1, 0.15) is 18.1 Å². The number of para-hydroxylation sites is 1. The number of aliphatic imine (C=N–C) groups is 1. The van der Waals surface area contributed by atoms with Crippen LogP contribution in [-0.2, 0) is 6.54 Å². The van der Waals surface area contributed by atoms with E-state index < -0.39 is 0 Å². The predicted octanol–water partition coefficient (Wildman–Crippen LogP) is 2.75. The lowest BCUT2D eigenvalue weighted by atomic mass is 10.1. The van der Waals surface area contributed by atoms with E-state index in [0.717, 1.165) is 23.0 Å². The Morgan fingerprint density at radius 3 is 2.54 bits per heavy atom. The number of hydrogen-bond donors (Lipinski definition) is 2. The molecule has 2 aromatic carbocycles. The first-order chi connectivity index (χ1) is 11.7. The van der Waals surface area contributed by atoms with Crippen LogP contribution in [0.25, 0.3) is 0 Å². The lowest BCUT2D eigenvalue weighted by Gasteiger charge is -2.13. The molecule has 0 fully saturated rings. The van der Waals surface area contributed by atoms with E-state index in [1.165, 1.54) is 5.56 Å². The third-order valence-electron chi connectivity index (χ3n) is 3.44. The van der Waals surface area contributed by atoms with Crippen LogP contribution in [0, 0.1) is 6.92 Å². The van der Waals surface area contributed by atoms with Crippen LogP contribution in [0.3, 0.4) is 0 Å².